The smallest absolute Gasteiger partial charge is 0.149 e. The number of hydrogen-bond acceptors (Lipinski definition) is 3. The van der Waals surface area contributed by atoms with Gasteiger partial charge in [-0.25, -0.2) is 4.98 Å². The molecule has 10 aromatic rings. The Kier molecular flexibility index (Phi) is 11.8. The third kappa shape index (κ3) is 9.17. The van der Waals surface area contributed by atoms with Crippen molar-refractivity contribution in [2.24, 2.45) is 0 Å². The Labute approximate surface area is 433 Å². The first-order chi connectivity index (χ1) is 34.3. The number of nitrogens with zero attached hydrogens (tertiary/aromatic N) is 4. The SMILES string of the molecule is CC(C)(C)c1cc(-c2cc(-c3ccc4c5ccccc5n(-c5ccccc5)c4c3)ccn2)cc(-c2cccc3c2nc(-c2cc(C(C)(C)C)cc(C(C)(C)C)c2O)n3-c2cc(C(C)(C)C)cc(C(C)(C)C)c2)c1. The second-order valence-electron chi connectivity index (χ2n) is 25.5. The van der Waals surface area contributed by atoms with Crippen LogP contribution >= 0.6 is 0 Å². The van der Waals surface area contributed by atoms with Gasteiger partial charge in [-0.3, -0.25) is 9.55 Å². The van der Waals surface area contributed by atoms with Crippen LogP contribution in [0.25, 0.3) is 89.1 Å². The predicted octanol–water partition coefficient (Wildman–Crippen LogP) is 18.4. The zero-order valence-electron chi connectivity index (χ0n) is 45.7. The van der Waals surface area contributed by atoms with Crippen molar-refractivity contribution in [2.45, 2.75) is 131 Å². The van der Waals surface area contributed by atoms with Gasteiger partial charge in [0.1, 0.15) is 11.6 Å². The van der Waals surface area contributed by atoms with Crippen LogP contribution in [0.1, 0.15) is 132 Å². The molecule has 10 rings (SSSR count). The molecule has 0 aliphatic carbocycles. The van der Waals surface area contributed by atoms with Gasteiger partial charge in [-0.15, -0.1) is 0 Å². The maximum absolute atomic E-state index is 12.6. The third-order valence-corrected chi connectivity index (χ3v) is 14.8. The molecule has 5 heteroatoms. The van der Waals surface area contributed by atoms with E-state index >= 15 is 0 Å². The van der Waals surface area contributed by atoms with Gasteiger partial charge in [0.25, 0.3) is 0 Å². The number of imidazole rings is 1. The Balaban J connectivity index is 1.20. The Morgan fingerprint density at radius 3 is 1.62 bits per heavy atom. The molecule has 73 heavy (non-hydrogen) atoms. The molecule has 0 fully saturated rings. The minimum atomic E-state index is -0.322. The molecule has 5 nitrogen and oxygen atoms in total. The summed E-state index contributed by atoms with van der Waals surface area (Å²) in [5.74, 6) is 0.984. The van der Waals surface area contributed by atoms with Crippen LogP contribution in [-0.2, 0) is 27.1 Å². The van der Waals surface area contributed by atoms with E-state index in [1.54, 1.807) is 0 Å². The van der Waals surface area contributed by atoms with E-state index in [0.717, 1.165) is 72.6 Å². The van der Waals surface area contributed by atoms with E-state index in [1.165, 1.54) is 38.5 Å². The highest BCUT2D eigenvalue weighted by Crippen LogP contribution is 2.46. The van der Waals surface area contributed by atoms with Crippen molar-refractivity contribution in [1.82, 2.24) is 19.1 Å². The highest BCUT2D eigenvalue weighted by Gasteiger charge is 2.30. The van der Waals surface area contributed by atoms with Gasteiger partial charge in [-0.1, -0.05) is 183 Å². The molecule has 0 saturated carbocycles. The first kappa shape index (κ1) is 49.3. The van der Waals surface area contributed by atoms with Crippen molar-refractivity contribution in [3.8, 4) is 62.0 Å². The van der Waals surface area contributed by atoms with Crippen LogP contribution in [0.15, 0.2) is 158 Å². The highest BCUT2D eigenvalue weighted by molar-refractivity contribution is 6.10. The van der Waals surface area contributed by atoms with Gasteiger partial charge in [0, 0.05) is 45.0 Å². The number of fused-ring (bicyclic) bond motifs is 4. The fourth-order valence-corrected chi connectivity index (χ4v) is 10.3. The molecular formula is C68H72N4O. The number of rotatable bonds is 6. The summed E-state index contributed by atoms with van der Waals surface area (Å²) in [4.78, 5) is 10.8. The predicted molar refractivity (Wildman–Crippen MR) is 310 cm³/mol. The summed E-state index contributed by atoms with van der Waals surface area (Å²) in [5.41, 5.74) is 18.2. The lowest BCUT2D eigenvalue weighted by Gasteiger charge is -2.28. The molecule has 0 unspecified atom stereocenters. The maximum Gasteiger partial charge on any atom is 0.149 e. The van der Waals surface area contributed by atoms with Gasteiger partial charge >= 0.3 is 0 Å². The fraction of sp³-hybridized carbons (Fsp3) is 0.294. The van der Waals surface area contributed by atoms with Crippen LogP contribution in [0, 0.1) is 0 Å². The molecule has 0 radical (unpaired) electrons. The maximum atomic E-state index is 12.6. The Bertz CT molecular complexity index is 3720. The number of pyridine rings is 1. The summed E-state index contributed by atoms with van der Waals surface area (Å²) < 4.78 is 4.68. The zero-order chi connectivity index (χ0) is 52.2. The van der Waals surface area contributed by atoms with Crippen LogP contribution in [0.4, 0.5) is 0 Å². The summed E-state index contributed by atoms with van der Waals surface area (Å²) in [7, 11) is 0. The van der Waals surface area contributed by atoms with Gasteiger partial charge in [-0.05, 0) is 139 Å². The Morgan fingerprint density at radius 1 is 0.384 bits per heavy atom. The highest BCUT2D eigenvalue weighted by atomic mass is 16.3. The van der Waals surface area contributed by atoms with E-state index in [9.17, 15) is 5.11 Å². The molecule has 3 aromatic heterocycles. The minimum Gasteiger partial charge on any atom is -0.507 e. The normalized spacial score (nSPS) is 12.9. The van der Waals surface area contributed by atoms with Gasteiger partial charge in [-0.2, -0.15) is 0 Å². The molecule has 1 N–H and O–H groups in total. The quantitative estimate of drug-likeness (QED) is 0.181. The number of aromatic nitrogens is 4. The number of phenols is 1. The third-order valence-electron chi connectivity index (χ3n) is 14.8. The topological polar surface area (TPSA) is 55.9 Å². The van der Waals surface area contributed by atoms with Gasteiger partial charge in [0.15, 0.2) is 0 Å². The summed E-state index contributed by atoms with van der Waals surface area (Å²) in [6.45, 7) is 33.8. The number of para-hydroxylation sites is 3. The van der Waals surface area contributed by atoms with E-state index in [0.29, 0.717) is 5.82 Å². The average molecular weight is 961 g/mol. The van der Waals surface area contributed by atoms with Gasteiger partial charge < -0.3 is 9.67 Å². The van der Waals surface area contributed by atoms with Gasteiger partial charge in [0.05, 0.1) is 33.3 Å². The van der Waals surface area contributed by atoms with Crippen LogP contribution in [-0.4, -0.2) is 24.2 Å². The molecule has 0 spiro atoms. The van der Waals surface area contributed by atoms with E-state index in [4.69, 9.17) is 9.97 Å². The average Bonchev–Trinajstić information content (AvgIpc) is 3.88. The second kappa shape index (κ2) is 17.5. The van der Waals surface area contributed by atoms with Crippen LogP contribution in [0.5, 0.6) is 5.75 Å². The van der Waals surface area contributed by atoms with Crippen molar-refractivity contribution in [3.63, 3.8) is 0 Å². The summed E-state index contributed by atoms with van der Waals surface area (Å²) >= 11 is 0. The van der Waals surface area contributed by atoms with Crippen molar-refractivity contribution in [3.05, 3.63) is 186 Å². The number of phenolic OH excluding ortho intramolecular Hbond substituents is 1. The van der Waals surface area contributed by atoms with Crippen LogP contribution in [0.2, 0.25) is 0 Å². The minimum absolute atomic E-state index is 0.116. The summed E-state index contributed by atoms with van der Waals surface area (Å²) in [6.07, 6.45) is 1.95. The molecule has 3 heterocycles. The number of hydrogen-bond donors (Lipinski definition) is 1. The molecule has 0 bridgehead atoms. The largest absolute Gasteiger partial charge is 0.507 e. The number of benzene rings is 7. The Morgan fingerprint density at radius 2 is 0.959 bits per heavy atom. The molecule has 0 aliphatic rings. The van der Waals surface area contributed by atoms with Crippen molar-refractivity contribution in [2.75, 3.05) is 0 Å². The lowest BCUT2D eigenvalue weighted by molar-refractivity contribution is 0.446. The fourth-order valence-electron chi connectivity index (χ4n) is 10.3. The van der Waals surface area contributed by atoms with Crippen LogP contribution < -0.4 is 0 Å². The second-order valence-corrected chi connectivity index (χ2v) is 25.5. The van der Waals surface area contributed by atoms with Crippen molar-refractivity contribution < 1.29 is 5.11 Å². The van der Waals surface area contributed by atoms with E-state index in [2.05, 4.69) is 265 Å². The van der Waals surface area contributed by atoms with E-state index in [-0.39, 0.29) is 32.8 Å². The van der Waals surface area contributed by atoms with Gasteiger partial charge in [0.2, 0.25) is 0 Å². The molecule has 0 amide bonds. The standard InChI is InChI=1S/C68H72N4O/c1-64(2,3)46-33-44(32-45(34-46)57-35-43(30-31-69-57)42-28-29-54-53-24-19-20-26-58(53)71(60(54)36-42)50-22-17-16-18-23-50)52-25-21-27-59-61(52)70-63(55-40-49(67(10,11)12)41-56(62(55)73)68(13,14)15)72(59)51-38-47(65(4,5)6)37-48(39-51)66(7,8)9/h16-41,73H,1-15H3. The first-order valence-corrected chi connectivity index (χ1v) is 26.0. The van der Waals surface area contributed by atoms with E-state index < -0.39 is 0 Å². The molecule has 370 valence electrons. The lowest BCUT2D eigenvalue weighted by atomic mass is 9.78. The summed E-state index contributed by atoms with van der Waals surface area (Å²) in [5, 5.41) is 15.1. The molecule has 0 saturated heterocycles. The monoisotopic (exact) mass is 961 g/mol. The lowest BCUT2D eigenvalue weighted by Crippen LogP contribution is -2.18. The van der Waals surface area contributed by atoms with E-state index in [1.807, 2.05) is 6.20 Å². The zero-order valence-corrected chi connectivity index (χ0v) is 45.7. The summed E-state index contributed by atoms with van der Waals surface area (Å²) in [6, 6.07) is 55.4. The molecule has 7 aromatic carbocycles. The van der Waals surface area contributed by atoms with Crippen molar-refractivity contribution >= 4 is 32.8 Å². The number of aromatic hydroxyl groups is 1. The van der Waals surface area contributed by atoms with Crippen molar-refractivity contribution in [1.29, 1.82) is 0 Å². The first-order valence-electron chi connectivity index (χ1n) is 26.0. The Hall–Kier alpha value is -7.24. The van der Waals surface area contributed by atoms with Crippen LogP contribution in [0.3, 0.4) is 0 Å². The molecule has 0 atom stereocenters. The molecular weight excluding hydrogens is 889 g/mol. The molecule has 0 aliphatic heterocycles.